The van der Waals surface area contributed by atoms with Gasteiger partial charge in [-0.3, -0.25) is 0 Å². The molecular formula is C55H64O18. The first-order chi connectivity index (χ1) is 36.0. The normalized spacial score (nSPS) is 36.7. The lowest BCUT2D eigenvalue weighted by atomic mass is 9.34. The van der Waals surface area contributed by atoms with E-state index in [1.165, 1.54) is 0 Å². The molecule has 13 aliphatic rings. The summed E-state index contributed by atoms with van der Waals surface area (Å²) in [5.74, 6) is 6.37. The van der Waals surface area contributed by atoms with E-state index in [-0.39, 0.29) is 60.9 Å². The standard InChI is InChI=1S/C55H64O18/c1-30-2-32-3-31(1)11-54(10-30,45-4-33(56-12-36-15-59-36)7-48(68-24-39-18-62-39)51(45)71-27-42-21-65-42)55(32,46-5-34(57-13-37-16-60-37)8-49(69-25-40-19-63-40)52(46)72-28-43-22-66-43)47-6-35(58-14-38-17-61-38)9-50(70-26-41-20-64-41)53(47)73-29-44-23-67-44/h4-9,30-32,36-44H,1-3,10-29H2. The molecule has 9 aliphatic heterocycles. The van der Waals surface area contributed by atoms with Crippen LogP contribution in [0.3, 0.4) is 0 Å². The highest BCUT2D eigenvalue weighted by atomic mass is 16.6. The molecule has 18 nitrogen and oxygen atoms in total. The summed E-state index contributed by atoms with van der Waals surface area (Å²) < 4.78 is 115. The van der Waals surface area contributed by atoms with Gasteiger partial charge in [0.25, 0.3) is 0 Å². The SMILES string of the molecule is c1c(OCC2CO2)cc(C23CC4CC(CC(C4)C2(c2cc(OCC4CO4)cc(OCC4CO4)c2OCC2CO2)c2cc(OCC4CO4)cc(OCC4CO4)c2OCC2CO2)C3)c(OCC2CO2)c1OCC1CO1. The van der Waals surface area contributed by atoms with Gasteiger partial charge >= 0.3 is 0 Å². The van der Waals surface area contributed by atoms with E-state index in [9.17, 15) is 0 Å². The van der Waals surface area contributed by atoms with E-state index in [4.69, 9.17) is 85.3 Å². The highest BCUT2D eigenvalue weighted by Gasteiger charge is 2.70. The molecule has 0 radical (unpaired) electrons. The van der Waals surface area contributed by atoms with Gasteiger partial charge in [0.05, 0.1) is 59.5 Å². The molecule has 4 bridgehead atoms. The van der Waals surface area contributed by atoms with Crippen molar-refractivity contribution in [1.82, 2.24) is 0 Å². The predicted octanol–water partition coefficient (Wildman–Crippen LogP) is 4.75. The summed E-state index contributed by atoms with van der Waals surface area (Å²) in [7, 11) is 0. The Balaban J connectivity index is 1.01. The zero-order valence-corrected chi connectivity index (χ0v) is 41.0. The van der Waals surface area contributed by atoms with Crippen LogP contribution in [0.25, 0.3) is 0 Å². The maximum atomic E-state index is 7.26. The molecule has 11 atom stereocenters. The second-order valence-electron chi connectivity index (χ2n) is 22.2. The molecule has 4 aliphatic carbocycles. The van der Waals surface area contributed by atoms with E-state index in [1.807, 2.05) is 18.2 Å². The predicted molar refractivity (Wildman–Crippen MR) is 252 cm³/mol. The van der Waals surface area contributed by atoms with Crippen molar-refractivity contribution in [3.8, 4) is 51.7 Å². The van der Waals surface area contributed by atoms with Gasteiger partial charge in [-0.25, -0.2) is 0 Å². The van der Waals surface area contributed by atoms with Crippen LogP contribution >= 0.6 is 0 Å². The largest absolute Gasteiger partial charge is 0.491 e. The third kappa shape index (κ3) is 9.96. The maximum absolute atomic E-state index is 7.26. The molecule has 4 saturated carbocycles. The van der Waals surface area contributed by atoms with Crippen LogP contribution in [0.1, 0.15) is 48.8 Å². The van der Waals surface area contributed by atoms with Gasteiger partial charge in [-0.05, 0) is 68.1 Å². The van der Waals surface area contributed by atoms with Crippen molar-refractivity contribution in [2.75, 3.05) is 119 Å². The van der Waals surface area contributed by atoms with Crippen LogP contribution in [0.15, 0.2) is 36.4 Å². The van der Waals surface area contributed by atoms with E-state index in [0.29, 0.717) is 183 Å². The van der Waals surface area contributed by atoms with Crippen molar-refractivity contribution in [3.63, 3.8) is 0 Å². The van der Waals surface area contributed by atoms with Crippen molar-refractivity contribution in [2.24, 2.45) is 17.8 Å². The minimum absolute atomic E-state index is 0.000398. The molecular weight excluding hydrogens is 949 g/mol. The summed E-state index contributed by atoms with van der Waals surface area (Å²) in [5, 5.41) is 0. The molecule has 3 aromatic carbocycles. The third-order valence-electron chi connectivity index (χ3n) is 16.4. The van der Waals surface area contributed by atoms with Crippen LogP contribution in [0.5, 0.6) is 51.7 Å². The molecule has 3 aromatic rings. The number of epoxide rings is 9. The third-order valence-corrected chi connectivity index (χ3v) is 16.4. The highest BCUT2D eigenvalue weighted by molar-refractivity contribution is 5.70. The van der Waals surface area contributed by atoms with Crippen molar-refractivity contribution < 1.29 is 85.3 Å². The zero-order chi connectivity index (χ0) is 48.1. The Labute approximate surface area is 423 Å². The molecule has 73 heavy (non-hydrogen) atoms. The first-order valence-corrected chi connectivity index (χ1v) is 26.7. The number of hydrogen-bond donors (Lipinski definition) is 0. The van der Waals surface area contributed by atoms with Crippen LogP contribution in [0, 0.1) is 17.8 Å². The summed E-state index contributed by atoms with van der Waals surface area (Å²) in [4.78, 5) is 0. The van der Waals surface area contributed by atoms with Gasteiger partial charge in [0.15, 0.2) is 34.5 Å². The van der Waals surface area contributed by atoms with Gasteiger partial charge in [0.2, 0.25) is 0 Å². The Bertz CT molecular complexity index is 2410. The van der Waals surface area contributed by atoms with E-state index in [2.05, 4.69) is 18.2 Å². The smallest absolute Gasteiger partial charge is 0.165 e. The summed E-state index contributed by atoms with van der Waals surface area (Å²) in [6.07, 6.45) is 4.39. The molecule has 9 heterocycles. The van der Waals surface area contributed by atoms with Crippen molar-refractivity contribution in [2.45, 2.75) is 97.9 Å². The van der Waals surface area contributed by atoms with Crippen LogP contribution in [0.4, 0.5) is 0 Å². The van der Waals surface area contributed by atoms with Crippen molar-refractivity contribution in [1.29, 1.82) is 0 Å². The van der Waals surface area contributed by atoms with E-state index in [0.717, 1.165) is 48.8 Å². The Kier molecular flexibility index (Phi) is 11.7. The maximum Gasteiger partial charge on any atom is 0.165 e. The lowest BCUT2D eigenvalue weighted by Gasteiger charge is -2.68. The van der Waals surface area contributed by atoms with Gasteiger partial charge in [-0.2, -0.15) is 0 Å². The Morgan fingerprint density at radius 1 is 0.329 bits per heavy atom. The molecule has 9 saturated heterocycles. The fourth-order valence-corrected chi connectivity index (χ4v) is 12.4. The molecule has 18 heteroatoms. The molecule has 392 valence electrons. The van der Waals surface area contributed by atoms with E-state index in [1.54, 1.807) is 0 Å². The molecule has 0 aromatic heterocycles. The number of benzene rings is 3. The van der Waals surface area contributed by atoms with Crippen molar-refractivity contribution >= 4 is 0 Å². The minimum atomic E-state index is -1.00. The topological polar surface area (TPSA) is 196 Å². The lowest BCUT2D eigenvalue weighted by molar-refractivity contribution is -0.0703. The number of ether oxygens (including phenoxy) is 18. The number of hydrogen-bond acceptors (Lipinski definition) is 18. The Hall–Kier alpha value is -4.50. The summed E-state index contributed by atoms with van der Waals surface area (Å²) in [5.41, 5.74) is 1.04. The van der Waals surface area contributed by atoms with Crippen molar-refractivity contribution in [3.05, 3.63) is 53.1 Å². The van der Waals surface area contributed by atoms with Gasteiger partial charge in [0, 0.05) is 45.7 Å². The molecule has 0 amide bonds. The average molecular weight is 1010 g/mol. The molecule has 11 unspecified atom stereocenters. The molecule has 0 N–H and O–H groups in total. The van der Waals surface area contributed by atoms with Crippen LogP contribution < -0.4 is 42.6 Å². The van der Waals surface area contributed by atoms with E-state index < -0.39 is 10.8 Å². The zero-order valence-electron chi connectivity index (χ0n) is 41.0. The van der Waals surface area contributed by atoms with Gasteiger partial charge < -0.3 is 85.3 Å². The summed E-state index contributed by atoms with van der Waals surface area (Å²) in [6, 6.07) is 12.6. The fourth-order valence-electron chi connectivity index (χ4n) is 12.4. The van der Waals surface area contributed by atoms with Gasteiger partial charge in [-0.15, -0.1) is 0 Å². The summed E-state index contributed by atoms with van der Waals surface area (Å²) >= 11 is 0. The average Bonchev–Trinajstić information content (AvgIpc) is 4.23. The quantitative estimate of drug-likeness (QED) is 0.0830. The second kappa shape index (κ2) is 18.7. The fraction of sp³-hybridized carbons (Fsp3) is 0.673. The lowest BCUT2D eigenvalue weighted by Crippen LogP contribution is -2.65. The molecule has 13 fully saturated rings. The summed E-state index contributed by atoms with van der Waals surface area (Å²) in [6.45, 7) is 8.91. The number of rotatable bonds is 30. The van der Waals surface area contributed by atoms with Crippen LogP contribution in [-0.2, 0) is 53.5 Å². The van der Waals surface area contributed by atoms with Gasteiger partial charge in [-0.1, -0.05) is 0 Å². The van der Waals surface area contributed by atoms with Crippen LogP contribution in [-0.4, -0.2) is 174 Å². The Morgan fingerprint density at radius 2 is 0.603 bits per heavy atom. The van der Waals surface area contributed by atoms with Crippen LogP contribution in [0.2, 0.25) is 0 Å². The van der Waals surface area contributed by atoms with E-state index >= 15 is 0 Å². The van der Waals surface area contributed by atoms with Gasteiger partial charge in [0.1, 0.15) is 132 Å². The first kappa shape index (κ1) is 45.9. The second-order valence-corrected chi connectivity index (χ2v) is 22.2. The highest BCUT2D eigenvalue weighted by Crippen LogP contribution is 2.75. The minimum Gasteiger partial charge on any atom is -0.491 e. The Morgan fingerprint density at radius 3 is 0.918 bits per heavy atom. The monoisotopic (exact) mass is 1010 g/mol. The molecule has 0 spiro atoms. The first-order valence-electron chi connectivity index (χ1n) is 26.7. The molecule has 16 rings (SSSR count).